The largest absolute Gasteiger partial charge is 0.494 e. The van der Waals surface area contributed by atoms with Gasteiger partial charge in [0.15, 0.2) is 0 Å². The summed E-state index contributed by atoms with van der Waals surface area (Å²) in [5.41, 5.74) is 1.76. The van der Waals surface area contributed by atoms with Crippen LogP contribution in [0.25, 0.3) is 10.9 Å². The number of para-hydroxylation sites is 1. The van der Waals surface area contributed by atoms with E-state index >= 15 is 0 Å². The van der Waals surface area contributed by atoms with Crippen LogP contribution in [-0.2, 0) is 14.8 Å². The molecule has 35 heavy (non-hydrogen) atoms. The summed E-state index contributed by atoms with van der Waals surface area (Å²) >= 11 is 0. The van der Waals surface area contributed by atoms with Gasteiger partial charge in [-0.3, -0.25) is 9.71 Å². The molecule has 9 heteroatoms. The van der Waals surface area contributed by atoms with E-state index in [4.69, 9.17) is 4.74 Å². The van der Waals surface area contributed by atoms with Crippen LogP contribution in [0.3, 0.4) is 0 Å². The minimum Gasteiger partial charge on any atom is -0.494 e. The summed E-state index contributed by atoms with van der Waals surface area (Å²) in [7, 11) is -2.70. The summed E-state index contributed by atoms with van der Waals surface area (Å²) in [4.78, 5) is 19.9. The van der Waals surface area contributed by atoms with Crippen molar-refractivity contribution in [2.75, 3.05) is 18.4 Å². The molecule has 1 N–H and O–H groups in total. The number of rotatable bonds is 6. The molecule has 0 spiro atoms. The number of carbonyl (C=O) groups is 1. The number of nitrogens with zero attached hydrogens (tertiary/aromatic N) is 2. The number of hydrogen-bond donors (Lipinski definition) is 1. The zero-order valence-electron chi connectivity index (χ0n) is 19.0. The number of carbonyl (C=O) groups excluding carboxylic acids is 1. The van der Waals surface area contributed by atoms with E-state index in [1.807, 2.05) is 6.92 Å². The smallest absolute Gasteiger partial charge is 0.356 e. The Labute approximate surface area is 203 Å². The van der Waals surface area contributed by atoms with Gasteiger partial charge in [-0.15, -0.1) is 0 Å². The molecule has 0 atom stereocenters. The fraction of sp³-hybridized carbons (Fsp3) is 0.115. The maximum absolute atomic E-state index is 13.3. The first-order valence-electron chi connectivity index (χ1n) is 10.6. The molecule has 0 amide bonds. The summed E-state index contributed by atoms with van der Waals surface area (Å²) in [6.45, 7) is 2.29. The molecule has 4 rings (SSSR count). The van der Waals surface area contributed by atoms with Crippen LogP contribution < -0.4 is 9.46 Å². The van der Waals surface area contributed by atoms with E-state index in [-0.39, 0.29) is 16.3 Å². The molecule has 0 bridgehead atoms. The Morgan fingerprint density at radius 3 is 2.60 bits per heavy atom. The molecule has 2 heterocycles. The molecule has 0 aliphatic heterocycles. The van der Waals surface area contributed by atoms with Crippen LogP contribution in [0.1, 0.15) is 28.5 Å². The van der Waals surface area contributed by atoms with E-state index < -0.39 is 16.0 Å². The fourth-order valence-corrected chi connectivity index (χ4v) is 4.56. The van der Waals surface area contributed by atoms with Crippen molar-refractivity contribution in [1.82, 2.24) is 9.97 Å². The Bertz CT molecular complexity index is 1550. The van der Waals surface area contributed by atoms with Crippen LogP contribution in [0.5, 0.6) is 5.75 Å². The molecule has 0 saturated carbocycles. The molecule has 176 valence electrons. The summed E-state index contributed by atoms with van der Waals surface area (Å²) in [6, 6.07) is 16.6. The molecule has 0 radical (unpaired) electrons. The monoisotopic (exact) mass is 487 g/mol. The number of anilines is 1. The Kier molecular flexibility index (Phi) is 6.94. The molecule has 4 aromatic rings. The molecule has 0 fully saturated rings. The van der Waals surface area contributed by atoms with E-state index in [9.17, 15) is 13.2 Å². The number of methoxy groups -OCH3 is 1. The molecular formula is C26H21N3O5S. The van der Waals surface area contributed by atoms with E-state index in [0.29, 0.717) is 34.4 Å². The molecule has 0 aliphatic rings. The highest BCUT2D eigenvalue weighted by Gasteiger charge is 2.20. The maximum Gasteiger partial charge on any atom is 0.356 e. The van der Waals surface area contributed by atoms with Gasteiger partial charge in [0, 0.05) is 23.3 Å². The minimum atomic E-state index is -3.97. The van der Waals surface area contributed by atoms with Gasteiger partial charge in [0.25, 0.3) is 10.0 Å². The first-order valence-corrected chi connectivity index (χ1v) is 12.1. The number of nitrogens with one attached hydrogen (secondary N) is 1. The number of benzene rings is 2. The first kappa shape index (κ1) is 23.7. The molecule has 0 saturated heterocycles. The average molecular weight is 488 g/mol. The third-order valence-corrected chi connectivity index (χ3v) is 6.33. The Morgan fingerprint density at radius 2 is 1.86 bits per heavy atom. The zero-order chi connectivity index (χ0) is 24.8. The lowest BCUT2D eigenvalue weighted by Crippen LogP contribution is -2.14. The number of aromatic nitrogens is 2. The van der Waals surface area contributed by atoms with Crippen molar-refractivity contribution in [3.8, 4) is 17.6 Å². The van der Waals surface area contributed by atoms with Crippen molar-refractivity contribution in [1.29, 1.82) is 0 Å². The lowest BCUT2D eigenvalue weighted by atomic mass is 10.1. The van der Waals surface area contributed by atoms with Crippen LogP contribution in [0, 0.1) is 11.8 Å². The second-order valence-electron chi connectivity index (χ2n) is 7.25. The lowest BCUT2D eigenvalue weighted by molar-refractivity contribution is 0.0594. The highest BCUT2D eigenvalue weighted by Crippen LogP contribution is 2.27. The van der Waals surface area contributed by atoms with E-state index in [1.165, 1.54) is 25.4 Å². The summed E-state index contributed by atoms with van der Waals surface area (Å²) in [6.07, 6.45) is 2.99. The van der Waals surface area contributed by atoms with E-state index in [1.54, 1.807) is 54.7 Å². The fourth-order valence-electron chi connectivity index (χ4n) is 3.30. The highest BCUT2D eigenvalue weighted by molar-refractivity contribution is 7.93. The van der Waals surface area contributed by atoms with Gasteiger partial charge in [0.05, 0.1) is 30.5 Å². The Morgan fingerprint density at radius 1 is 1.03 bits per heavy atom. The average Bonchev–Trinajstić information content (AvgIpc) is 2.88. The van der Waals surface area contributed by atoms with Gasteiger partial charge < -0.3 is 9.47 Å². The third-order valence-electron chi connectivity index (χ3n) is 4.93. The normalized spacial score (nSPS) is 10.8. The molecule has 0 unspecified atom stereocenters. The quantitative estimate of drug-likeness (QED) is 0.323. The molecular weight excluding hydrogens is 466 g/mol. The standard InChI is InChI=1S/C26H21N3O5S/c1-3-34-21-12-14-22(20(16-21)11-9-18-10-13-23(28-17-18)26(30)33-2)29-35(31,32)24-8-4-6-19-7-5-15-27-25(19)24/h4-8,10,12-17,29H,3H2,1-2H3. The minimum absolute atomic E-state index is 0.0611. The molecule has 0 aliphatic carbocycles. The maximum atomic E-state index is 13.3. The van der Waals surface area contributed by atoms with Gasteiger partial charge in [-0.25, -0.2) is 18.2 Å². The van der Waals surface area contributed by atoms with Crippen molar-refractivity contribution in [2.45, 2.75) is 11.8 Å². The van der Waals surface area contributed by atoms with Gasteiger partial charge in [0.1, 0.15) is 16.3 Å². The number of ether oxygens (including phenoxy) is 2. The first-order chi connectivity index (χ1) is 16.9. The van der Waals surface area contributed by atoms with Crippen molar-refractivity contribution in [3.05, 3.63) is 89.9 Å². The Balaban J connectivity index is 1.71. The second kappa shape index (κ2) is 10.2. The topological polar surface area (TPSA) is 107 Å². The van der Waals surface area contributed by atoms with Crippen molar-refractivity contribution < 1.29 is 22.7 Å². The molecule has 2 aromatic carbocycles. The van der Waals surface area contributed by atoms with Gasteiger partial charge >= 0.3 is 5.97 Å². The predicted octanol–water partition coefficient (Wildman–Crippen LogP) is 4.02. The third kappa shape index (κ3) is 5.39. The SMILES string of the molecule is CCOc1ccc(NS(=O)(=O)c2cccc3cccnc23)c(C#Cc2ccc(C(=O)OC)nc2)c1. The van der Waals surface area contributed by atoms with Crippen molar-refractivity contribution in [2.24, 2.45) is 0 Å². The zero-order valence-corrected chi connectivity index (χ0v) is 19.8. The number of fused-ring (bicyclic) bond motifs is 1. The number of esters is 1. The van der Waals surface area contributed by atoms with Crippen LogP contribution in [-0.4, -0.2) is 38.1 Å². The Hall–Kier alpha value is -4.42. The summed E-state index contributed by atoms with van der Waals surface area (Å²) in [5.74, 6) is 5.92. The number of hydrogen-bond acceptors (Lipinski definition) is 7. The van der Waals surface area contributed by atoms with Gasteiger partial charge in [0.2, 0.25) is 0 Å². The number of pyridine rings is 2. The van der Waals surface area contributed by atoms with Crippen molar-refractivity contribution >= 4 is 32.6 Å². The van der Waals surface area contributed by atoms with Crippen LogP contribution in [0.4, 0.5) is 5.69 Å². The molecule has 2 aromatic heterocycles. The number of sulfonamides is 1. The van der Waals surface area contributed by atoms with Crippen molar-refractivity contribution in [3.63, 3.8) is 0 Å². The van der Waals surface area contributed by atoms with E-state index in [0.717, 1.165) is 0 Å². The van der Waals surface area contributed by atoms with Gasteiger partial charge in [-0.1, -0.05) is 30.0 Å². The van der Waals surface area contributed by atoms with Crippen LogP contribution >= 0.6 is 0 Å². The van der Waals surface area contributed by atoms with Crippen LogP contribution in [0.2, 0.25) is 0 Å². The molecule has 8 nitrogen and oxygen atoms in total. The van der Waals surface area contributed by atoms with E-state index in [2.05, 4.69) is 31.3 Å². The van der Waals surface area contributed by atoms with Crippen LogP contribution in [0.15, 0.2) is 78.0 Å². The van der Waals surface area contributed by atoms with Gasteiger partial charge in [-0.05, 0) is 49.4 Å². The summed E-state index contributed by atoms with van der Waals surface area (Å²) < 4.78 is 39.4. The lowest BCUT2D eigenvalue weighted by Gasteiger charge is -2.13. The highest BCUT2D eigenvalue weighted by atomic mass is 32.2. The summed E-state index contributed by atoms with van der Waals surface area (Å²) in [5, 5.41) is 0.713. The second-order valence-corrected chi connectivity index (χ2v) is 8.90. The van der Waals surface area contributed by atoms with Gasteiger partial charge in [-0.2, -0.15) is 0 Å². The predicted molar refractivity (Wildman–Crippen MR) is 132 cm³/mol.